The molecule has 1 N–H and O–H groups in total. The Morgan fingerprint density at radius 2 is 1.67 bits per heavy atom. The number of aryl methyl sites for hydroxylation is 4. The largest absolute Gasteiger partial charge is 0.321 e. The van der Waals surface area contributed by atoms with E-state index in [0.29, 0.717) is 0 Å². The molecule has 0 unspecified atom stereocenters. The maximum absolute atomic E-state index is 4.91. The summed E-state index contributed by atoms with van der Waals surface area (Å²) in [5.74, 6) is 1.12. The molecule has 0 atom stereocenters. The van der Waals surface area contributed by atoms with E-state index in [2.05, 4.69) is 61.0 Å². The molecule has 5 rings (SSSR count). The highest BCUT2D eigenvalue weighted by molar-refractivity contribution is 5.76. The van der Waals surface area contributed by atoms with Crippen LogP contribution in [-0.4, -0.2) is 57.8 Å². The summed E-state index contributed by atoms with van der Waals surface area (Å²) < 4.78 is 3.74. The van der Waals surface area contributed by atoms with Gasteiger partial charge in [0.1, 0.15) is 11.3 Å². The second kappa shape index (κ2) is 11.4. The third-order valence-corrected chi connectivity index (χ3v) is 8.89. The molecule has 36 heavy (non-hydrogen) atoms. The quantitative estimate of drug-likeness (QED) is 0.309. The van der Waals surface area contributed by atoms with E-state index in [9.17, 15) is 0 Å². The second-order valence-electron chi connectivity index (χ2n) is 11.4. The Balaban J connectivity index is 1.19. The SMILES string of the molecule is CCc1nc2c(C)cc(C)nc2n1Cc1ccc(CCCC[N+]2(C3CCNCC3)CCCCC2)cc1. The lowest BCUT2D eigenvalue weighted by Gasteiger charge is -2.49. The predicted octanol–water partition coefficient (Wildman–Crippen LogP) is 5.73. The number of likely N-dealkylation sites (tertiary alicyclic amines) is 1. The van der Waals surface area contributed by atoms with E-state index in [0.717, 1.165) is 41.7 Å². The predicted molar refractivity (Wildman–Crippen MR) is 149 cm³/mol. The number of pyridine rings is 1. The van der Waals surface area contributed by atoms with E-state index >= 15 is 0 Å². The number of hydrogen-bond donors (Lipinski definition) is 1. The van der Waals surface area contributed by atoms with Crippen molar-refractivity contribution in [2.45, 2.75) is 91.1 Å². The molecule has 2 fully saturated rings. The van der Waals surface area contributed by atoms with Crippen LogP contribution in [0.5, 0.6) is 0 Å². The highest BCUT2D eigenvalue weighted by Gasteiger charge is 2.38. The Bertz CT molecular complexity index is 1130. The number of piperidine rings is 2. The summed E-state index contributed by atoms with van der Waals surface area (Å²) in [5, 5.41) is 3.58. The van der Waals surface area contributed by atoms with Crippen LogP contribution in [0.2, 0.25) is 0 Å². The Morgan fingerprint density at radius 1 is 0.944 bits per heavy atom. The minimum absolute atomic E-state index is 0.839. The molecule has 194 valence electrons. The van der Waals surface area contributed by atoms with E-state index in [1.165, 1.54) is 105 Å². The van der Waals surface area contributed by atoms with Gasteiger partial charge < -0.3 is 14.4 Å². The van der Waals surface area contributed by atoms with Crippen LogP contribution in [0.15, 0.2) is 30.3 Å². The summed E-state index contributed by atoms with van der Waals surface area (Å²) in [6, 6.07) is 12.4. The van der Waals surface area contributed by atoms with Crippen molar-refractivity contribution in [2.75, 3.05) is 32.7 Å². The molecule has 0 spiro atoms. The molecular formula is C31H46N5+. The molecule has 0 aliphatic carbocycles. The van der Waals surface area contributed by atoms with E-state index in [1.54, 1.807) is 0 Å². The summed E-state index contributed by atoms with van der Waals surface area (Å²) in [7, 11) is 0. The van der Waals surface area contributed by atoms with Gasteiger partial charge >= 0.3 is 0 Å². The number of rotatable bonds is 9. The number of imidazole rings is 1. The zero-order valence-corrected chi connectivity index (χ0v) is 22.9. The third-order valence-electron chi connectivity index (χ3n) is 8.89. The number of nitrogens with zero attached hydrogens (tertiary/aromatic N) is 4. The Labute approximate surface area is 217 Å². The molecule has 2 aliphatic rings. The Hall–Kier alpha value is -2.24. The smallest absolute Gasteiger partial charge is 0.160 e. The Kier molecular flexibility index (Phi) is 8.07. The van der Waals surface area contributed by atoms with Crippen molar-refractivity contribution in [3.05, 3.63) is 58.5 Å². The number of nitrogens with one attached hydrogen (secondary N) is 1. The highest BCUT2D eigenvalue weighted by Crippen LogP contribution is 2.29. The first-order valence-corrected chi connectivity index (χ1v) is 14.6. The number of hydrogen-bond acceptors (Lipinski definition) is 3. The van der Waals surface area contributed by atoms with Crippen LogP contribution in [0, 0.1) is 13.8 Å². The number of benzene rings is 1. The molecule has 4 heterocycles. The van der Waals surface area contributed by atoms with Crippen LogP contribution < -0.4 is 5.32 Å². The molecule has 0 amide bonds. The van der Waals surface area contributed by atoms with Crippen molar-refractivity contribution in [1.82, 2.24) is 19.9 Å². The monoisotopic (exact) mass is 488 g/mol. The van der Waals surface area contributed by atoms with Crippen LogP contribution in [0.25, 0.3) is 11.2 Å². The molecule has 2 aromatic heterocycles. The fraction of sp³-hybridized carbons (Fsp3) is 0.613. The summed E-state index contributed by atoms with van der Waals surface area (Å²) in [6.45, 7) is 13.9. The molecule has 1 aromatic carbocycles. The van der Waals surface area contributed by atoms with Crippen LogP contribution in [0.4, 0.5) is 0 Å². The van der Waals surface area contributed by atoms with Gasteiger partial charge in [-0.2, -0.15) is 0 Å². The molecule has 2 saturated heterocycles. The summed E-state index contributed by atoms with van der Waals surface area (Å²) in [4.78, 5) is 9.75. The van der Waals surface area contributed by atoms with E-state index in [-0.39, 0.29) is 0 Å². The van der Waals surface area contributed by atoms with E-state index in [4.69, 9.17) is 9.97 Å². The summed E-state index contributed by atoms with van der Waals surface area (Å²) in [6.07, 6.45) is 11.9. The van der Waals surface area contributed by atoms with Crippen LogP contribution >= 0.6 is 0 Å². The number of quaternary nitrogens is 1. The average molecular weight is 489 g/mol. The van der Waals surface area contributed by atoms with Gasteiger partial charge in [-0.3, -0.25) is 0 Å². The first kappa shape index (κ1) is 25.4. The van der Waals surface area contributed by atoms with Gasteiger partial charge in [0, 0.05) is 38.0 Å². The van der Waals surface area contributed by atoms with E-state index < -0.39 is 0 Å². The van der Waals surface area contributed by atoms with Crippen LogP contribution in [0.3, 0.4) is 0 Å². The van der Waals surface area contributed by atoms with Crippen LogP contribution in [-0.2, 0) is 19.4 Å². The van der Waals surface area contributed by atoms with Crippen molar-refractivity contribution >= 4 is 11.2 Å². The van der Waals surface area contributed by atoms with Gasteiger partial charge in [-0.05, 0) is 75.1 Å². The normalized spacial score (nSPS) is 18.6. The first-order valence-electron chi connectivity index (χ1n) is 14.6. The number of unbranched alkanes of at least 4 members (excludes halogenated alkanes) is 1. The number of fused-ring (bicyclic) bond motifs is 1. The van der Waals surface area contributed by atoms with Gasteiger partial charge in [-0.25, -0.2) is 9.97 Å². The lowest BCUT2D eigenvalue weighted by atomic mass is 9.95. The number of aromatic nitrogens is 3. The zero-order valence-electron chi connectivity index (χ0n) is 22.9. The zero-order chi connectivity index (χ0) is 25.0. The molecule has 5 heteroatoms. The Morgan fingerprint density at radius 3 is 2.39 bits per heavy atom. The molecule has 0 saturated carbocycles. The van der Waals surface area contributed by atoms with Gasteiger partial charge in [0.25, 0.3) is 0 Å². The van der Waals surface area contributed by atoms with Crippen LogP contribution in [0.1, 0.15) is 80.1 Å². The highest BCUT2D eigenvalue weighted by atomic mass is 15.4. The minimum Gasteiger partial charge on any atom is -0.321 e. The van der Waals surface area contributed by atoms with Gasteiger partial charge in [-0.1, -0.05) is 31.2 Å². The lowest BCUT2D eigenvalue weighted by molar-refractivity contribution is -0.956. The molecule has 5 nitrogen and oxygen atoms in total. The summed E-state index contributed by atoms with van der Waals surface area (Å²) >= 11 is 0. The van der Waals surface area contributed by atoms with Crippen molar-refractivity contribution in [3.63, 3.8) is 0 Å². The maximum atomic E-state index is 4.91. The molecule has 3 aromatic rings. The van der Waals surface area contributed by atoms with Crippen molar-refractivity contribution in [2.24, 2.45) is 0 Å². The first-order chi connectivity index (χ1) is 17.6. The van der Waals surface area contributed by atoms with Gasteiger partial charge in [0.05, 0.1) is 32.2 Å². The van der Waals surface area contributed by atoms with Crippen molar-refractivity contribution < 1.29 is 4.48 Å². The molecule has 0 bridgehead atoms. The standard InChI is InChI=1S/C31H46N5/c1-4-29-34-30-24(2)22-25(3)33-31(30)35(29)23-27-13-11-26(12-14-27)10-6-9-21-36(19-7-5-8-20-36)28-15-17-32-18-16-28/h11-14,22,28,32H,4-10,15-21,23H2,1-3H3/q+1. The van der Waals surface area contributed by atoms with Gasteiger partial charge in [-0.15, -0.1) is 0 Å². The van der Waals surface area contributed by atoms with Crippen molar-refractivity contribution in [3.8, 4) is 0 Å². The van der Waals surface area contributed by atoms with Gasteiger partial charge in [0.15, 0.2) is 5.65 Å². The molecular weight excluding hydrogens is 442 g/mol. The van der Waals surface area contributed by atoms with Gasteiger partial charge in [0.2, 0.25) is 0 Å². The lowest BCUT2D eigenvalue weighted by Crippen LogP contribution is -2.60. The topological polar surface area (TPSA) is 42.7 Å². The fourth-order valence-electron chi connectivity index (χ4n) is 6.90. The van der Waals surface area contributed by atoms with E-state index in [1.807, 2.05) is 0 Å². The molecule has 0 radical (unpaired) electrons. The minimum atomic E-state index is 0.839. The summed E-state index contributed by atoms with van der Waals surface area (Å²) in [5.41, 5.74) is 7.16. The maximum Gasteiger partial charge on any atom is 0.160 e. The van der Waals surface area contributed by atoms with Crippen molar-refractivity contribution in [1.29, 1.82) is 0 Å². The fourth-order valence-corrected chi connectivity index (χ4v) is 6.90. The second-order valence-corrected chi connectivity index (χ2v) is 11.4. The average Bonchev–Trinajstić information content (AvgIpc) is 3.26. The third kappa shape index (κ3) is 5.52. The molecule has 2 aliphatic heterocycles.